The van der Waals surface area contributed by atoms with Crippen molar-refractivity contribution in [2.75, 3.05) is 12.4 Å². The topological polar surface area (TPSA) is 67.4 Å². The zero-order valence-electron chi connectivity index (χ0n) is 19.2. The fourth-order valence-electron chi connectivity index (χ4n) is 5.22. The largest absolute Gasteiger partial charge is 0.496 e. The number of methoxy groups -OCH3 is 1. The van der Waals surface area contributed by atoms with Crippen molar-refractivity contribution in [3.05, 3.63) is 77.9 Å². The molecule has 4 atom stereocenters. The molecule has 2 N–H and O–H groups in total. The summed E-state index contributed by atoms with van der Waals surface area (Å²) in [5.41, 5.74) is 3.18. The first-order valence-corrected chi connectivity index (χ1v) is 13.1. The highest BCUT2D eigenvalue weighted by molar-refractivity contribution is 7.89. The molecule has 1 heterocycles. The molecule has 0 saturated carbocycles. The maximum absolute atomic E-state index is 12.9. The van der Waals surface area contributed by atoms with Gasteiger partial charge in [-0.05, 0) is 66.3 Å². The SMILES string of the molecule is CCC(C)NS(=O)(=O)c1ccc2c(c1)C1C=CCC1C(c1c(OC)ccc3ccccc13)N2. The predicted octanol–water partition coefficient (Wildman–Crippen LogP) is 5.75. The summed E-state index contributed by atoms with van der Waals surface area (Å²) in [4.78, 5) is 0.323. The monoisotopic (exact) mass is 462 g/mol. The molecular weight excluding hydrogens is 432 g/mol. The third-order valence-corrected chi connectivity index (χ3v) is 8.66. The highest BCUT2D eigenvalue weighted by Crippen LogP contribution is 2.52. The molecule has 33 heavy (non-hydrogen) atoms. The van der Waals surface area contributed by atoms with E-state index in [4.69, 9.17) is 4.74 Å². The maximum atomic E-state index is 12.9. The zero-order valence-corrected chi connectivity index (χ0v) is 20.0. The molecule has 1 aliphatic heterocycles. The Kier molecular flexibility index (Phi) is 5.67. The van der Waals surface area contributed by atoms with E-state index in [1.165, 1.54) is 10.8 Å². The lowest BCUT2D eigenvalue weighted by Gasteiger charge is -2.38. The van der Waals surface area contributed by atoms with Gasteiger partial charge in [0.2, 0.25) is 10.0 Å². The summed E-state index contributed by atoms with van der Waals surface area (Å²) < 4.78 is 34.4. The second-order valence-corrected chi connectivity index (χ2v) is 10.8. The van der Waals surface area contributed by atoms with E-state index >= 15 is 0 Å². The van der Waals surface area contributed by atoms with E-state index in [0.29, 0.717) is 4.90 Å². The van der Waals surface area contributed by atoms with Crippen molar-refractivity contribution in [2.24, 2.45) is 5.92 Å². The standard InChI is InChI=1S/C27H30N2O3S/c1-4-17(2)29-33(30,31)19-13-14-24-23(16-19)21-10-7-11-22(21)27(28-24)26-20-9-6-5-8-18(20)12-15-25(26)32-3/h5-10,12-17,21-22,27-29H,4,11H2,1-3H3. The van der Waals surface area contributed by atoms with Gasteiger partial charge in [0.1, 0.15) is 5.75 Å². The molecule has 6 heteroatoms. The van der Waals surface area contributed by atoms with Crippen molar-refractivity contribution in [3.8, 4) is 5.75 Å². The summed E-state index contributed by atoms with van der Waals surface area (Å²) in [6.07, 6.45) is 6.12. The lowest BCUT2D eigenvalue weighted by atomic mass is 9.76. The van der Waals surface area contributed by atoms with Crippen LogP contribution in [0, 0.1) is 5.92 Å². The predicted molar refractivity (Wildman–Crippen MR) is 133 cm³/mol. The number of benzene rings is 3. The van der Waals surface area contributed by atoms with Crippen LogP contribution in [-0.4, -0.2) is 21.6 Å². The molecule has 5 rings (SSSR count). The fraction of sp³-hybridized carbons (Fsp3) is 0.333. The number of hydrogen-bond donors (Lipinski definition) is 2. The maximum Gasteiger partial charge on any atom is 0.240 e. The van der Waals surface area contributed by atoms with Crippen molar-refractivity contribution in [1.82, 2.24) is 4.72 Å². The van der Waals surface area contributed by atoms with Gasteiger partial charge in [0.05, 0.1) is 18.0 Å². The molecule has 0 fully saturated rings. The van der Waals surface area contributed by atoms with Crippen LogP contribution >= 0.6 is 0 Å². The quantitative estimate of drug-likeness (QED) is 0.458. The Balaban J connectivity index is 1.60. The minimum Gasteiger partial charge on any atom is -0.496 e. The lowest BCUT2D eigenvalue weighted by molar-refractivity contribution is 0.383. The Labute approximate surface area is 195 Å². The Hall–Kier alpha value is -2.83. The fourth-order valence-corrected chi connectivity index (χ4v) is 6.58. The number of rotatable bonds is 6. The minimum atomic E-state index is -3.56. The van der Waals surface area contributed by atoms with E-state index in [1.54, 1.807) is 13.2 Å². The lowest BCUT2D eigenvalue weighted by Crippen LogP contribution is -2.33. The van der Waals surface area contributed by atoms with Crippen molar-refractivity contribution in [2.45, 2.75) is 49.6 Å². The second-order valence-electron chi connectivity index (χ2n) is 9.06. The summed E-state index contributed by atoms with van der Waals surface area (Å²) in [6, 6.07) is 17.9. The van der Waals surface area contributed by atoms with Crippen LogP contribution in [0.1, 0.15) is 49.8 Å². The molecule has 0 bridgehead atoms. The van der Waals surface area contributed by atoms with Crippen LogP contribution in [0.15, 0.2) is 71.6 Å². The number of nitrogens with one attached hydrogen (secondary N) is 2. The Morgan fingerprint density at radius 2 is 1.97 bits per heavy atom. The van der Waals surface area contributed by atoms with Gasteiger partial charge in [0, 0.05) is 23.2 Å². The highest BCUT2D eigenvalue weighted by Gasteiger charge is 2.40. The van der Waals surface area contributed by atoms with Crippen LogP contribution in [-0.2, 0) is 10.0 Å². The van der Waals surface area contributed by atoms with Gasteiger partial charge in [-0.3, -0.25) is 0 Å². The first kappa shape index (κ1) is 22.0. The van der Waals surface area contributed by atoms with Crippen LogP contribution in [0.2, 0.25) is 0 Å². The van der Waals surface area contributed by atoms with Gasteiger partial charge >= 0.3 is 0 Å². The molecular formula is C27H30N2O3S. The molecule has 1 aliphatic carbocycles. The molecule has 5 nitrogen and oxygen atoms in total. The van der Waals surface area contributed by atoms with Crippen molar-refractivity contribution in [1.29, 1.82) is 0 Å². The van der Waals surface area contributed by atoms with Crippen LogP contribution < -0.4 is 14.8 Å². The van der Waals surface area contributed by atoms with Gasteiger partial charge in [-0.15, -0.1) is 0 Å². The summed E-state index contributed by atoms with van der Waals surface area (Å²) in [6.45, 7) is 3.86. The number of allylic oxidation sites excluding steroid dienone is 2. The molecule has 0 spiro atoms. The average molecular weight is 463 g/mol. The highest BCUT2D eigenvalue weighted by atomic mass is 32.2. The molecule has 2 aliphatic rings. The van der Waals surface area contributed by atoms with E-state index in [-0.39, 0.29) is 23.9 Å². The Bertz CT molecular complexity index is 1330. The van der Waals surface area contributed by atoms with Gasteiger partial charge in [0.15, 0.2) is 0 Å². The van der Waals surface area contributed by atoms with Crippen molar-refractivity contribution in [3.63, 3.8) is 0 Å². The molecule has 0 radical (unpaired) electrons. The van der Waals surface area contributed by atoms with Crippen LogP contribution in [0.25, 0.3) is 10.8 Å². The van der Waals surface area contributed by atoms with Gasteiger partial charge in [0.25, 0.3) is 0 Å². The van der Waals surface area contributed by atoms with E-state index in [0.717, 1.165) is 35.4 Å². The summed E-state index contributed by atoms with van der Waals surface area (Å²) in [5.74, 6) is 1.30. The number of sulfonamides is 1. The average Bonchev–Trinajstić information content (AvgIpc) is 3.32. The molecule has 3 aromatic rings. The van der Waals surface area contributed by atoms with Gasteiger partial charge in [-0.1, -0.05) is 49.4 Å². The van der Waals surface area contributed by atoms with Gasteiger partial charge in [-0.25, -0.2) is 13.1 Å². The third-order valence-electron chi connectivity index (χ3n) is 7.07. The van der Waals surface area contributed by atoms with Gasteiger partial charge < -0.3 is 10.1 Å². The van der Waals surface area contributed by atoms with Crippen LogP contribution in [0.3, 0.4) is 0 Å². The smallest absolute Gasteiger partial charge is 0.240 e. The molecule has 0 saturated heterocycles. The zero-order chi connectivity index (χ0) is 23.2. The number of hydrogen-bond acceptors (Lipinski definition) is 4. The summed E-state index contributed by atoms with van der Waals surface area (Å²) >= 11 is 0. The van der Waals surface area contributed by atoms with Crippen molar-refractivity contribution >= 4 is 26.5 Å². The molecule has 172 valence electrons. The third kappa shape index (κ3) is 3.81. The molecule has 0 amide bonds. The van der Waals surface area contributed by atoms with E-state index in [2.05, 4.69) is 52.5 Å². The van der Waals surface area contributed by atoms with E-state index in [9.17, 15) is 8.42 Å². The number of ether oxygens (including phenoxy) is 1. The van der Waals surface area contributed by atoms with Crippen molar-refractivity contribution < 1.29 is 13.2 Å². The van der Waals surface area contributed by atoms with Crippen LogP contribution in [0.4, 0.5) is 5.69 Å². The van der Waals surface area contributed by atoms with Crippen LogP contribution in [0.5, 0.6) is 5.75 Å². The normalized spacial score (nSPS) is 22.5. The molecule has 3 aromatic carbocycles. The number of anilines is 1. The first-order chi connectivity index (χ1) is 15.9. The van der Waals surface area contributed by atoms with E-state index < -0.39 is 10.0 Å². The first-order valence-electron chi connectivity index (χ1n) is 11.6. The Morgan fingerprint density at radius 1 is 1.15 bits per heavy atom. The summed E-state index contributed by atoms with van der Waals surface area (Å²) in [5, 5.41) is 6.11. The minimum absolute atomic E-state index is 0.0549. The molecule has 4 unspecified atom stereocenters. The summed E-state index contributed by atoms with van der Waals surface area (Å²) in [7, 11) is -1.84. The number of fused-ring (bicyclic) bond motifs is 4. The van der Waals surface area contributed by atoms with Gasteiger partial charge in [-0.2, -0.15) is 0 Å². The molecule has 0 aromatic heterocycles. The second kappa shape index (κ2) is 8.50. The van der Waals surface area contributed by atoms with E-state index in [1.807, 2.05) is 32.0 Å². The Morgan fingerprint density at radius 3 is 2.76 bits per heavy atom.